The van der Waals surface area contributed by atoms with Crippen molar-refractivity contribution in [2.45, 2.75) is 26.8 Å². The van der Waals surface area contributed by atoms with Crippen LogP contribution in [0.5, 0.6) is 0 Å². The summed E-state index contributed by atoms with van der Waals surface area (Å²) in [4.78, 5) is 6.67. The summed E-state index contributed by atoms with van der Waals surface area (Å²) < 4.78 is 0. The van der Waals surface area contributed by atoms with Crippen molar-refractivity contribution in [2.24, 2.45) is 4.99 Å². The van der Waals surface area contributed by atoms with Crippen molar-refractivity contribution in [2.75, 3.05) is 33.2 Å². The van der Waals surface area contributed by atoms with Crippen molar-refractivity contribution in [1.82, 2.24) is 15.5 Å². The molecule has 20 heavy (non-hydrogen) atoms. The zero-order valence-corrected chi connectivity index (χ0v) is 13.0. The molecule has 0 amide bonds. The van der Waals surface area contributed by atoms with Gasteiger partial charge in [0.2, 0.25) is 0 Å². The summed E-state index contributed by atoms with van der Waals surface area (Å²) in [5, 5.41) is 6.68. The first kappa shape index (κ1) is 16.5. The maximum atomic E-state index is 4.24. The van der Waals surface area contributed by atoms with E-state index < -0.39 is 0 Å². The van der Waals surface area contributed by atoms with E-state index in [1.54, 1.807) is 0 Å². The Bertz CT molecular complexity index is 371. The van der Waals surface area contributed by atoms with Gasteiger partial charge in [-0.15, -0.1) is 0 Å². The van der Waals surface area contributed by atoms with Gasteiger partial charge >= 0.3 is 0 Å². The van der Waals surface area contributed by atoms with Crippen LogP contribution in [-0.4, -0.2) is 44.1 Å². The highest BCUT2D eigenvalue weighted by atomic mass is 15.2. The van der Waals surface area contributed by atoms with Gasteiger partial charge in [0.05, 0.1) is 0 Å². The molecular formula is C16H28N4. The molecule has 0 bridgehead atoms. The largest absolute Gasteiger partial charge is 0.356 e. The van der Waals surface area contributed by atoms with Gasteiger partial charge in [-0.3, -0.25) is 4.99 Å². The molecule has 0 unspecified atom stereocenters. The second kappa shape index (κ2) is 10.3. The first-order valence-electron chi connectivity index (χ1n) is 7.51. The fourth-order valence-electron chi connectivity index (χ4n) is 2.05. The smallest absolute Gasteiger partial charge is 0.191 e. The Labute approximate surface area is 123 Å². The van der Waals surface area contributed by atoms with E-state index in [-0.39, 0.29) is 0 Å². The van der Waals surface area contributed by atoms with Gasteiger partial charge in [-0.25, -0.2) is 0 Å². The minimum Gasteiger partial charge on any atom is -0.356 e. The normalized spacial score (nSPS) is 11.7. The van der Waals surface area contributed by atoms with Crippen LogP contribution in [0.3, 0.4) is 0 Å². The van der Waals surface area contributed by atoms with Gasteiger partial charge in [0.15, 0.2) is 5.96 Å². The van der Waals surface area contributed by atoms with Crippen molar-refractivity contribution in [3.05, 3.63) is 35.9 Å². The van der Waals surface area contributed by atoms with Crippen LogP contribution in [0.4, 0.5) is 0 Å². The van der Waals surface area contributed by atoms with Gasteiger partial charge in [0.25, 0.3) is 0 Å². The van der Waals surface area contributed by atoms with E-state index in [2.05, 4.69) is 58.6 Å². The van der Waals surface area contributed by atoms with E-state index >= 15 is 0 Å². The summed E-state index contributed by atoms with van der Waals surface area (Å²) in [5.41, 5.74) is 1.26. The first-order valence-corrected chi connectivity index (χ1v) is 7.51. The number of benzene rings is 1. The molecule has 0 atom stereocenters. The lowest BCUT2D eigenvalue weighted by atomic mass is 10.2. The van der Waals surface area contributed by atoms with Crippen LogP contribution in [0.15, 0.2) is 35.3 Å². The van der Waals surface area contributed by atoms with Crippen molar-refractivity contribution in [3.63, 3.8) is 0 Å². The molecule has 1 rings (SSSR count). The van der Waals surface area contributed by atoms with Gasteiger partial charge in [-0.1, -0.05) is 44.2 Å². The van der Waals surface area contributed by atoms with Crippen molar-refractivity contribution < 1.29 is 0 Å². The van der Waals surface area contributed by atoms with E-state index in [1.807, 2.05) is 13.1 Å². The molecule has 0 aliphatic heterocycles. The Morgan fingerprint density at radius 2 is 1.80 bits per heavy atom. The Morgan fingerprint density at radius 1 is 1.10 bits per heavy atom. The summed E-state index contributed by atoms with van der Waals surface area (Å²) in [6, 6.07) is 10.4. The number of guanidine groups is 1. The molecule has 0 heterocycles. The van der Waals surface area contributed by atoms with Gasteiger partial charge < -0.3 is 15.5 Å². The van der Waals surface area contributed by atoms with Crippen LogP contribution in [0.1, 0.15) is 25.8 Å². The van der Waals surface area contributed by atoms with Gasteiger partial charge in [-0.2, -0.15) is 0 Å². The topological polar surface area (TPSA) is 39.7 Å². The molecule has 1 aromatic rings. The van der Waals surface area contributed by atoms with Crippen LogP contribution >= 0.6 is 0 Å². The third-order valence-corrected chi connectivity index (χ3v) is 3.36. The standard InChI is InChI=1S/C16H28N4/c1-4-20(5-2)13-9-12-18-16(17-3)19-14-15-10-7-6-8-11-15/h6-8,10-11H,4-5,9,12-14H2,1-3H3,(H2,17,18,19). The second-order valence-corrected chi connectivity index (χ2v) is 4.72. The highest BCUT2D eigenvalue weighted by Gasteiger charge is 2.00. The molecule has 0 aromatic heterocycles. The Balaban J connectivity index is 2.20. The molecule has 0 radical (unpaired) electrons. The third kappa shape index (κ3) is 6.57. The average Bonchev–Trinajstić information content (AvgIpc) is 2.51. The van der Waals surface area contributed by atoms with Crippen LogP contribution in [-0.2, 0) is 6.54 Å². The lowest BCUT2D eigenvalue weighted by Gasteiger charge is -2.18. The van der Waals surface area contributed by atoms with Crippen LogP contribution in [0.2, 0.25) is 0 Å². The Kier molecular flexibility index (Phi) is 8.47. The SMILES string of the molecule is CCN(CC)CCCNC(=NC)NCc1ccccc1. The van der Waals surface area contributed by atoms with Crippen molar-refractivity contribution >= 4 is 5.96 Å². The Morgan fingerprint density at radius 3 is 2.40 bits per heavy atom. The maximum absolute atomic E-state index is 4.24. The van der Waals surface area contributed by atoms with E-state index in [4.69, 9.17) is 0 Å². The van der Waals surface area contributed by atoms with E-state index in [9.17, 15) is 0 Å². The van der Waals surface area contributed by atoms with Gasteiger partial charge in [0.1, 0.15) is 0 Å². The molecule has 0 aliphatic rings. The molecule has 0 spiro atoms. The molecule has 112 valence electrons. The number of aliphatic imine (C=N–C) groups is 1. The minimum absolute atomic E-state index is 0.802. The van der Waals surface area contributed by atoms with Crippen LogP contribution in [0.25, 0.3) is 0 Å². The van der Waals surface area contributed by atoms with Crippen LogP contribution in [0, 0.1) is 0 Å². The summed E-state index contributed by atoms with van der Waals surface area (Å²) in [6.45, 7) is 9.54. The number of nitrogens with one attached hydrogen (secondary N) is 2. The predicted octanol–water partition coefficient (Wildman–Crippen LogP) is 2.08. The first-order chi connectivity index (χ1) is 9.80. The maximum Gasteiger partial charge on any atom is 0.191 e. The fourth-order valence-corrected chi connectivity index (χ4v) is 2.05. The zero-order chi connectivity index (χ0) is 14.6. The van der Waals surface area contributed by atoms with E-state index in [0.29, 0.717) is 0 Å². The predicted molar refractivity (Wildman–Crippen MR) is 87.0 cm³/mol. The van der Waals surface area contributed by atoms with Crippen LogP contribution < -0.4 is 10.6 Å². The molecular weight excluding hydrogens is 248 g/mol. The van der Waals surface area contributed by atoms with Crippen molar-refractivity contribution in [1.29, 1.82) is 0 Å². The molecule has 1 aromatic carbocycles. The molecule has 4 nitrogen and oxygen atoms in total. The molecule has 0 saturated carbocycles. The number of hydrogen-bond donors (Lipinski definition) is 2. The third-order valence-electron chi connectivity index (χ3n) is 3.36. The molecule has 0 aliphatic carbocycles. The average molecular weight is 276 g/mol. The summed E-state index contributed by atoms with van der Waals surface area (Å²) >= 11 is 0. The Hall–Kier alpha value is -1.55. The zero-order valence-electron chi connectivity index (χ0n) is 13.0. The minimum atomic E-state index is 0.802. The highest BCUT2D eigenvalue weighted by Crippen LogP contribution is 1.96. The van der Waals surface area contributed by atoms with Crippen molar-refractivity contribution in [3.8, 4) is 0 Å². The fraction of sp³-hybridized carbons (Fsp3) is 0.562. The quantitative estimate of drug-likeness (QED) is 0.434. The number of nitrogens with zero attached hydrogens (tertiary/aromatic N) is 2. The molecule has 0 fully saturated rings. The second-order valence-electron chi connectivity index (χ2n) is 4.72. The molecule has 0 saturated heterocycles. The molecule has 2 N–H and O–H groups in total. The lowest BCUT2D eigenvalue weighted by molar-refractivity contribution is 0.300. The number of hydrogen-bond acceptors (Lipinski definition) is 2. The highest BCUT2D eigenvalue weighted by molar-refractivity contribution is 5.79. The van der Waals surface area contributed by atoms with E-state index in [1.165, 1.54) is 5.56 Å². The molecule has 4 heteroatoms. The van der Waals surface area contributed by atoms with Gasteiger partial charge in [0, 0.05) is 20.1 Å². The number of rotatable bonds is 8. The summed E-state index contributed by atoms with van der Waals surface area (Å²) in [7, 11) is 1.81. The monoisotopic (exact) mass is 276 g/mol. The van der Waals surface area contributed by atoms with Gasteiger partial charge in [-0.05, 0) is 31.6 Å². The lowest BCUT2D eigenvalue weighted by Crippen LogP contribution is -2.38. The summed E-state index contributed by atoms with van der Waals surface area (Å²) in [6.07, 6.45) is 1.13. The van der Waals surface area contributed by atoms with E-state index in [0.717, 1.165) is 45.1 Å². The summed E-state index contributed by atoms with van der Waals surface area (Å²) in [5.74, 6) is 0.869.